The molecule has 15 heavy (non-hydrogen) atoms. The standard InChI is InChI=1S/C13H17FO/c1-9-6-7-10(8-12(9)14)11-4-2-3-5-13(11)15/h6-8,11,13,15H,2-5H2,1H3. The summed E-state index contributed by atoms with van der Waals surface area (Å²) < 4.78 is 13.4. The van der Waals surface area contributed by atoms with Crippen molar-refractivity contribution in [2.24, 2.45) is 0 Å². The van der Waals surface area contributed by atoms with E-state index in [0.29, 0.717) is 5.56 Å². The van der Waals surface area contributed by atoms with Crippen LogP contribution in [0, 0.1) is 12.7 Å². The van der Waals surface area contributed by atoms with Gasteiger partial charge < -0.3 is 5.11 Å². The molecule has 2 atom stereocenters. The van der Waals surface area contributed by atoms with Crippen molar-refractivity contribution < 1.29 is 9.50 Å². The van der Waals surface area contributed by atoms with Gasteiger partial charge in [-0.15, -0.1) is 0 Å². The molecule has 0 aromatic heterocycles. The zero-order chi connectivity index (χ0) is 10.8. The van der Waals surface area contributed by atoms with Gasteiger partial charge in [0, 0.05) is 5.92 Å². The van der Waals surface area contributed by atoms with Crippen LogP contribution in [0.1, 0.15) is 42.7 Å². The summed E-state index contributed by atoms with van der Waals surface area (Å²) in [5.74, 6) is -0.0286. The average molecular weight is 208 g/mol. The molecule has 1 aromatic rings. The van der Waals surface area contributed by atoms with Crippen molar-refractivity contribution in [2.75, 3.05) is 0 Å². The smallest absolute Gasteiger partial charge is 0.126 e. The first-order chi connectivity index (χ1) is 7.18. The van der Waals surface area contributed by atoms with Gasteiger partial charge >= 0.3 is 0 Å². The van der Waals surface area contributed by atoms with Crippen LogP contribution in [-0.2, 0) is 0 Å². The van der Waals surface area contributed by atoms with Gasteiger partial charge in [-0.3, -0.25) is 0 Å². The SMILES string of the molecule is Cc1ccc(C2CCCCC2O)cc1F. The number of aliphatic hydroxyl groups is 1. The second-order valence-corrected chi connectivity index (χ2v) is 4.47. The number of benzene rings is 1. The van der Waals surface area contributed by atoms with Gasteiger partial charge in [0.05, 0.1) is 6.10 Å². The van der Waals surface area contributed by atoms with Crippen molar-refractivity contribution in [1.82, 2.24) is 0 Å². The lowest BCUT2D eigenvalue weighted by molar-refractivity contribution is 0.106. The van der Waals surface area contributed by atoms with E-state index in [1.165, 1.54) is 0 Å². The van der Waals surface area contributed by atoms with Crippen molar-refractivity contribution in [3.63, 3.8) is 0 Å². The van der Waals surface area contributed by atoms with Crippen LogP contribution in [0.3, 0.4) is 0 Å². The molecule has 1 aliphatic rings. The number of halogens is 1. The minimum atomic E-state index is -0.291. The third-order valence-electron chi connectivity index (χ3n) is 3.35. The molecular weight excluding hydrogens is 191 g/mol. The van der Waals surface area contributed by atoms with Gasteiger partial charge in [0.15, 0.2) is 0 Å². The van der Waals surface area contributed by atoms with Gasteiger partial charge in [-0.05, 0) is 37.0 Å². The number of hydrogen-bond acceptors (Lipinski definition) is 1. The Morgan fingerprint density at radius 2 is 2.00 bits per heavy atom. The van der Waals surface area contributed by atoms with E-state index in [0.717, 1.165) is 31.2 Å². The zero-order valence-corrected chi connectivity index (χ0v) is 9.04. The van der Waals surface area contributed by atoms with Crippen LogP contribution < -0.4 is 0 Å². The molecule has 1 aromatic carbocycles. The highest BCUT2D eigenvalue weighted by Crippen LogP contribution is 2.33. The van der Waals surface area contributed by atoms with E-state index in [9.17, 15) is 9.50 Å². The van der Waals surface area contributed by atoms with Crippen LogP contribution in [0.4, 0.5) is 4.39 Å². The van der Waals surface area contributed by atoms with Crippen molar-refractivity contribution in [2.45, 2.75) is 44.6 Å². The van der Waals surface area contributed by atoms with E-state index < -0.39 is 0 Å². The molecule has 0 spiro atoms. The van der Waals surface area contributed by atoms with Crippen LogP contribution in [0.5, 0.6) is 0 Å². The highest BCUT2D eigenvalue weighted by molar-refractivity contribution is 5.27. The van der Waals surface area contributed by atoms with E-state index in [1.807, 2.05) is 6.07 Å². The summed E-state index contributed by atoms with van der Waals surface area (Å²) in [6.45, 7) is 1.76. The Balaban J connectivity index is 2.24. The zero-order valence-electron chi connectivity index (χ0n) is 9.04. The molecule has 1 nitrogen and oxygen atoms in total. The second kappa shape index (κ2) is 4.31. The lowest BCUT2D eigenvalue weighted by Crippen LogP contribution is -2.22. The number of aliphatic hydroxyl groups excluding tert-OH is 1. The maximum atomic E-state index is 13.4. The first kappa shape index (κ1) is 10.6. The van der Waals surface area contributed by atoms with Crippen molar-refractivity contribution in [1.29, 1.82) is 0 Å². The van der Waals surface area contributed by atoms with Gasteiger partial charge in [-0.2, -0.15) is 0 Å². The van der Waals surface area contributed by atoms with Gasteiger partial charge in [0.1, 0.15) is 5.82 Å². The van der Waals surface area contributed by atoms with Crippen LogP contribution in [0.2, 0.25) is 0 Å². The molecule has 0 radical (unpaired) electrons. The fourth-order valence-electron chi connectivity index (χ4n) is 2.34. The van der Waals surface area contributed by atoms with Crippen LogP contribution >= 0.6 is 0 Å². The molecule has 2 rings (SSSR count). The van der Waals surface area contributed by atoms with Gasteiger partial charge in [0.2, 0.25) is 0 Å². The summed E-state index contributed by atoms with van der Waals surface area (Å²) in [5, 5.41) is 9.86. The van der Waals surface area contributed by atoms with Gasteiger partial charge in [-0.1, -0.05) is 25.0 Å². The topological polar surface area (TPSA) is 20.2 Å². The summed E-state index contributed by atoms with van der Waals surface area (Å²) >= 11 is 0. The molecule has 0 aliphatic heterocycles. The van der Waals surface area contributed by atoms with E-state index in [1.54, 1.807) is 19.1 Å². The fourth-order valence-corrected chi connectivity index (χ4v) is 2.34. The molecule has 1 saturated carbocycles. The van der Waals surface area contributed by atoms with E-state index in [2.05, 4.69) is 0 Å². The molecular formula is C13H17FO. The molecule has 1 N–H and O–H groups in total. The van der Waals surface area contributed by atoms with Crippen molar-refractivity contribution in [3.05, 3.63) is 35.1 Å². The Morgan fingerprint density at radius 1 is 1.27 bits per heavy atom. The Morgan fingerprint density at radius 3 is 2.67 bits per heavy atom. The Labute approximate surface area is 89.9 Å². The van der Waals surface area contributed by atoms with Crippen molar-refractivity contribution >= 4 is 0 Å². The molecule has 0 heterocycles. The van der Waals surface area contributed by atoms with Gasteiger partial charge in [-0.25, -0.2) is 4.39 Å². The first-order valence-corrected chi connectivity index (χ1v) is 5.62. The minimum absolute atomic E-state index is 0.133. The molecule has 0 amide bonds. The molecule has 2 heteroatoms. The quantitative estimate of drug-likeness (QED) is 0.751. The van der Waals surface area contributed by atoms with Gasteiger partial charge in [0.25, 0.3) is 0 Å². The average Bonchev–Trinajstić information content (AvgIpc) is 2.23. The molecule has 1 fully saturated rings. The Hall–Kier alpha value is -0.890. The molecule has 1 aliphatic carbocycles. The molecule has 0 saturated heterocycles. The highest BCUT2D eigenvalue weighted by Gasteiger charge is 2.24. The number of aryl methyl sites for hydroxylation is 1. The summed E-state index contributed by atoms with van der Waals surface area (Å²) in [7, 11) is 0. The highest BCUT2D eigenvalue weighted by atomic mass is 19.1. The predicted molar refractivity (Wildman–Crippen MR) is 58.4 cm³/mol. The van der Waals surface area contributed by atoms with Crippen LogP contribution in [0.25, 0.3) is 0 Å². The Kier molecular flexibility index (Phi) is 3.06. The molecule has 0 bridgehead atoms. The summed E-state index contributed by atoms with van der Waals surface area (Å²) in [6, 6.07) is 5.32. The van der Waals surface area contributed by atoms with E-state index >= 15 is 0 Å². The number of rotatable bonds is 1. The monoisotopic (exact) mass is 208 g/mol. The Bertz CT molecular complexity index is 348. The lowest BCUT2D eigenvalue weighted by Gasteiger charge is -2.28. The molecule has 82 valence electrons. The first-order valence-electron chi connectivity index (χ1n) is 5.62. The van der Waals surface area contributed by atoms with Crippen LogP contribution in [0.15, 0.2) is 18.2 Å². The molecule has 2 unspecified atom stereocenters. The predicted octanol–water partition coefficient (Wildman–Crippen LogP) is 3.15. The van der Waals surface area contributed by atoms with E-state index in [4.69, 9.17) is 0 Å². The lowest BCUT2D eigenvalue weighted by atomic mass is 9.81. The summed E-state index contributed by atoms with van der Waals surface area (Å²) in [4.78, 5) is 0. The van der Waals surface area contributed by atoms with E-state index in [-0.39, 0.29) is 17.8 Å². The van der Waals surface area contributed by atoms with Crippen LogP contribution in [-0.4, -0.2) is 11.2 Å². The maximum absolute atomic E-state index is 13.4. The van der Waals surface area contributed by atoms with Crippen molar-refractivity contribution in [3.8, 4) is 0 Å². The summed E-state index contributed by atoms with van der Waals surface area (Å²) in [6.07, 6.45) is 3.76. The maximum Gasteiger partial charge on any atom is 0.126 e. The largest absolute Gasteiger partial charge is 0.392 e. The third kappa shape index (κ3) is 2.20. The fraction of sp³-hybridized carbons (Fsp3) is 0.538. The third-order valence-corrected chi connectivity index (χ3v) is 3.35. The number of hydrogen-bond donors (Lipinski definition) is 1. The minimum Gasteiger partial charge on any atom is -0.392 e. The second-order valence-electron chi connectivity index (χ2n) is 4.47. The normalized spacial score (nSPS) is 26.6. The summed E-state index contributed by atoms with van der Waals surface area (Å²) in [5.41, 5.74) is 1.62.